The van der Waals surface area contributed by atoms with Crippen molar-refractivity contribution in [3.05, 3.63) is 12.7 Å². The molecule has 2 aliphatic rings. The lowest BCUT2D eigenvalue weighted by atomic mass is 9.94. The normalized spacial score (nSPS) is 38.0. The molecule has 2 rings (SSSR count). The molecule has 1 saturated heterocycles. The maximum absolute atomic E-state index is 10.2. The summed E-state index contributed by atoms with van der Waals surface area (Å²) >= 11 is 1.42. The summed E-state index contributed by atoms with van der Waals surface area (Å²) in [5, 5.41) is 31.1. The van der Waals surface area contributed by atoms with E-state index >= 15 is 0 Å². The van der Waals surface area contributed by atoms with Crippen molar-refractivity contribution < 1.29 is 20.1 Å². The van der Waals surface area contributed by atoms with Gasteiger partial charge in [-0.1, -0.05) is 17.8 Å². The van der Waals surface area contributed by atoms with Gasteiger partial charge in [0.05, 0.1) is 6.10 Å². The highest BCUT2D eigenvalue weighted by Gasteiger charge is 2.50. The Hall–Kier alpha value is -0.600. The topological polar surface area (TPSA) is 85.5 Å². The molecule has 2 aliphatic heterocycles. The minimum absolute atomic E-state index is 0.305. The highest BCUT2D eigenvalue weighted by Crippen LogP contribution is 2.38. The molecule has 6 atom stereocenters. The summed E-state index contributed by atoms with van der Waals surface area (Å²) in [6, 6.07) is -0.494. The lowest BCUT2D eigenvalue weighted by molar-refractivity contribution is -0.184. The molecule has 2 heterocycles. The van der Waals surface area contributed by atoms with Gasteiger partial charge in [0, 0.05) is 13.6 Å². The van der Waals surface area contributed by atoms with Crippen molar-refractivity contribution >= 4 is 16.9 Å². The third-order valence-electron chi connectivity index (χ3n) is 3.68. The first-order chi connectivity index (χ1) is 9.49. The molecule has 1 unspecified atom stereocenters. The molecule has 0 bridgehead atoms. The fourth-order valence-electron chi connectivity index (χ4n) is 2.32. The first kappa shape index (κ1) is 15.8. The fraction of sp³-hybridized carbons (Fsp3) is 0.769. The Morgan fingerprint density at radius 3 is 2.80 bits per heavy atom. The molecule has 20 heavy (non-hydrogen) atoms. The Bertz CT molecular complexity index is 393. The third kappa shape index (κ3) is 2.87. The summed E-state index contributed by atoms with van der Waals surface area (Å²) in [5.41, 5.74) is -0.373. The molecule has 0 spiro atoms. The highest BCUT2D eigenvalue weighted by atomic mass is 32.2. The van der Waals surface area contributed by atoms with Gasteiger partial charge in [-0.05, 0) is 13.3 Å². The van der Waals surface area contributed by atoms with Crippen molar-refractivity contribution in [3.8, 4) is 0 Å². The van der Waals surface area contributed by atoms with Crippen molar-refractivity contribution in [3.63, 3.8) is 0 Å². The van der Waals surface area contributed by atoms with E-state index in [2.05, 4.69) is 11.6 Å². The summed E-state index contributed by atoms with van der Waals surface area (Å²) in [5.74, 6) is 0. The van der Waals surface area contributed by atoms with E-state index in [1.807, 2.05) is 18.9 Å². The van der Waals surface area contributed by atoms with Crippen LogP contribution in [0, 0.1) is 0 Å². The van der Waals surface area contributed by atoms with Crippen LogP contribution in [0.1, 0.15) is 13.3 Å². The summed E-state index contributed by atoms with van der Waals surface area (Å²) in [4.78, 5) is 6.38. The predicted molar refractivity (Wildman–Crippen MR) is 78.6 cm³/mol. The summed E-state index contributed by atoms with van der Waals surface area (Å²) in [6.45, 7) is 6.36. The Morgan fingerprint density at radius 1 is 1.50 bits per heavy atom. The zero-order valence-electron chi connectivity index (χ0n) is 11.7. The van der Waals surface area contributed by atoms with Gasteiger partial charge in [0.1, 0.15) is 29.8 Å². The van der Waals surface area contributed by atoms with E-state index in [-0.39, 0.29) is 5.44 Å². The molecule has 6 nitrogen and oxygen atoms in total. The molecule has 0 aromatic heterocycles. The second kappa shape index (κ2) is 6.44. The monoisotopic (exact) mass is 302 g/mol. The number of nitrogens with zero attached hydrogens (tertiary/aromatic N) is 2. The minimum Gasteiger partial charge on any atom is -0.390 e. The Kier molecular flexibility index (Phi) is 5.09. The molecule has 7 heteroatoms. The number of aliphatic hydroxyl groups excluding tert-OH is 3. The van der Waals surface area contributed by atoms with E-state index in [0.717, 1.165) is 11.7 Å². The first-order valence-corrected chi connectivity index (χ1v) is 7.63. The Balaban J connectivity index is 2.11. The van der Waals surface area contributed by atoms with Crippen LogP contribution < -0.4 is 0 Å². The zero-order chi connectivity index (χ0) is 14.9. The number of hydrogen-bond acceptors (Lipinski definition) is 7. The van der Waals surface area contributed by atoms with Crippen molar-refractivity contribution in [2.75, 3.05) is 13.6 Å². The van der Waals surface area contributed by atoms with Gasteiger partial charge in [-0.25, -0.2) is 0 Å². The second-order valence-corrected chi connectivity index (χ2v) is 6.14. The molecule has 1 fully saturated rings. The van der Waals surface area contributed by atoms with Crippen LogP contribution in [0.2, 0.25) is 0 Å². The third-order valence-corrected chi connectivity index (χ3v) is 4.93. The van der Waals surface area contributed by atoms with Crippen LogP contribution in [0.25, 0.3) is 0 Å². The van der Waals surface area contributed by atoms with Crippen LogP contribution >= 0.6 is 11.8 Å². The second-order valence-electron chi connectivity index (χ2n) is 5.08. The molecule has 0 aromatic carbocycles. The van der Waals surface area contributed by atoms with Crippen molar-refractivity contribution in [2.45, 2.75) is 49.2 Å². The molecule has 0 saturated carbocycles. The number of ether oxygens (including phenoxy) is 1. The molecule has 0 aromatic rings. The minimum atomic E-state index is -1.15. The summed E-state index contributed by atoms with van der Waals surface area (Å²) < 4.78 is 5.75. The number of aliphatic imine (C=N–C) groups is 1. The standard InChI is InChI=1S/C13H22N2O4S/c1-4-6-7(16)11-10(18)9(17)8-12(19-11)20-13(14-8)15(3)5-2/h4,7-12,16-18H,1,5-6H2,2-3H3/t7?,8-,9-,10+,11-,12-/m1/s1. The summed E-state index contributed by atoms with van der Waals surface area (Å²) in [7, 11) is 1.91. The zero-order valence-corrected chi connectivity index (χ0v) is 12.5. The average Bonchev–Trinajstić information content (AvgIpc) is 2.86. The van der Waals surface area contributed by atoms with E-state index in [0.29, 0.717) is 6.42 Å². The quantitative estimate of drug-likeness (QED) is 0.623. The summed E-state index contributed by atoms with van der Waals surface area (Å²) in [6.07, 6.45) is -2.02. The van der Waals surface area contributed by atoms with E-state index in [1.54, 1.807) is 6.08 Å². The van der Waals surface area contributed by atoms with Gasteiger partial charge in [0.25, 0.3) is 0 Å². The van der Waals surface area contributed by atoms with Crippen LogP contribution in [-0.4, -0.2) is 74.9 Å². The molecule has 0 amide bonds. The van der Waals surface area contributed by atoms with Crippen molar-refractivity contribution in [1.29, 1.82) is 0 Å². The molecular formula is C13H22N2O4S. The van der Waals surface area contributed by atoms with Gasteiger partial charge in [0.2, 0.25) is 0 Å². The predicted octanol–water partition coefficient (Wildman–Crippen LogP) is -0.207. The van der Waals surface area contributed by atoms with Gasteiger partial charge in [-0.3, -0.25) is 4.99 Å². The lowest BCUT2D eigenvalue weighted by Gasteiger charge is -2.40. The molecular weight excluding hydrogens is 280 g/mol. The number of aliphatic hydroxyl groups is 3. The number of thioether (sulfide) groups is 1. The fourth-order valence-corrected chi connectivity index (χ4v) is 3.56. The van der Waals surface area contributed by atoms with Gasteiger partial charge < -0.3 is 25.0 Å². The molecule has 114 valence electrons. The molecule has 3 N–H and O–H groups in total. The van der Waals surface area contributed by atoms with Crippen LogP contribution in [-0.2, 0) is 4.74 Å². The smallest absolute Gasteiger partial charge is 0.162 e. The van der Waals surface area contributed by atoms with E-state index in [9.17, 15) is 15.3 Å². The number of amidine groups is 1. The van der Waals surface area contributed by atoms with Gasteiger partial charge in [0.15, 0.2) is 5.17 Å². The van der Waals surface area contributed by atoms with Crippen LogP contribution in [0.4, 0.5) is 0 Å². The van der Waals surface area contributed by atoms with E-state index < -0.39 is 30.5 Å². The van der Waals surface area contributed by atoms with E-state index in [1.165, 1.54) is 11.8 Å². The van der Waals surface area contributed by atoms with Gasteiger partial charge in [-0.15, -0.1) is 6.58 Å². The Labute approximate surface area is 123 Å². The SMILES string of the molecule is C=CCC(O)[C@H]1O[C@@H]2SC(N(C)CC)=N[C@@H]2[C@@H](O)[C@@H]1O. The average molecular weight is 302 g/mol. The highest BCUT2D eigenvalue weighted by molar-refractivity contribution is 8.14. The maximum atomic E-state index is 10.2. The van der Waals surface area contributed by atoms with Crippen LogP contribution in [0.5, 0.6) is 0 Å². The molecule has 0 aliphatic carbocycles. The van der Waals surface area contributed by atoms with Gasteiger partial charge >= 0.3 is 0 Å². The van der Waals surface area contributed by atoms with Gasteiger partial charge in [-0.2, -0.15) is 0 Å². The lowest BCUT2D eigenvalue weighted by Crippen LogP contribution is -2.58. The number of fused-ring (bicyclic) bond motifs is 1. The largest absolute Gasteiger partial charge is 0.390 e. The van der Waals surface area contributed by atoms with Crippen molar-refractivity contribution in [1.82, 2.24) is 4.90 Å². The van der Waals surface area contributed by atoms with Crippen LogP contribution in [0.15, 0.2) is 17.6 Å². The Morgan fingerprint density at radius 2 is 2.20 bits per heavy atom. The number of hydrogen-bond donors (Lipinski definition) is 3. The first-order valence-electron chi connectivity index (χ1n) is 6.75. The van der Waals surface area contributed by atoms with Crippen LogP contribution in [0.3, 0.4) is 0 Å². The number of rotatable bonds is 4. The molecule has 0 radical (unpaired) electrons. The van der Waals surface area contributed by atoms with Crippen molar-refractivity contribution in [2.24, 2.45) is 4.99 Å². The van der Waals surface area contributed by atoms with E-state index in [4.69, 9.17) is 4.74 Å². The maximum Gasteiger partial charge on any atom is 0.162 e.